The van der Waals surface area contributed by atoms with Gasteiger partial charge in [0.1, 0.15) is 0 Å². The Kier molecular flexibility index (Phi) is 5.31. The first-order chi connectivity index (χ1) is 16.2. The van der Waals surface area contributed by atoms with Gasteiger partial charge in [0.05, 0.1) is 23.4 Å². The van der Waals surface area contributed by atoms with Gasteiger partial charge >= 0.3 is 0 Å². The molecule has 0 spiro atoms. The van der Waals surface area contributed by atoms with E-state index in [4.69, 9.17) is 4.74 Å². The van der Waals surface area contributed by atoms with Crippen LogP contribution in [0.15, 0.2) is 48.8 Å². The highest BCUT2D eigenvalue weighted by Gasteiger charge is 2.34. The van der Waals surface area contributed by atoms with Crippen LogP contribution in [0, 0.1) is 5.92 Å². The number of hydrogen-bond acceptors (Lipinski definition) is 5. The van der Waals surface area contributed by atoms with Crippen molar-refractivity contribution in [3.8, 4) is 11.1 Å². The number of rotatable bonds is 4. The number of anilines is 1. The highest BCUT2D eigenvalue weighted by atomic mass is 16.5. The Morgan fingerprint density at radius 1 is 1.03 bits per heavy atom. The monoisotopic (exact) mass is 445 g/mol. The predicted octanol–water partition coefficient (Wildman–Crippen LogP) is 3.11. The Labute approximate surface area is 194 Å². The van der Waals surface area contributed by atoms with E-state index in [0.717, 1.165) is 63.2 Å². The Bertz CT molecular complexity index is 1150. The van der Waals surface area contributed by atoms with Gasteiger partial charge in [-0.1, -0.05) is 24.3 Å². The summed E-state index contributed by atoms with van der Waals surface area (Å²) in [4.78, 5) is 16.8. The molecule has 172 valence electrons. The van der Waals surface area contributed by atoms with Gasteiger partial charge in [0.15, 0.2) is 0 Å². The van der Waals surface area contributed by atoms with Crippen LogP contribution in [-0.2, 0) is 9.53 Å². The van der Waals surface area contributed by atoms with Gasteiger partial charge in [0.2, 0.25) is 5.91 Å². The molecule has 0 radical (unpaired) electrons. The average molecular weight is 446 g/mol. The number of aromatic nitrogens is 2. The zero-order valence-electron chi connectivity index (χ0n) is 19.1. The van der Waals surface area contributed by atoms with Crippen LogP contribution in [0.4, 0.5) is 5.69 Å². The van der Waals surface area contributed by atoms with Crippen LogP contribution >= 0.6 is 0 Å². The topological polar surface area (TPSA) is 62.1 Å². The molecule has 4 heterocycles. The summed E-state index contributed by atoms with van der Waals surface area (Å²) in [5.41, 5.74) is 5.82. The van der Waals surface area contributed by atoms with E-state index in [9.17, 15) is 4.79 Å². The Balaban J connectivity index is 1.20. The first-order valence-electron chi connectivity index (χ1n) is 12.1. The van der Waals surface area contributed by atoms with E-state index in [1.54, 1.807) is 0 Å². The second-order valence-corrected chi connectivity index (χ2v) is 9.58. The van der Waals surface area contributed by atoms with Gasteiger partial charge in [0, 0.05) is 63.1 Å². The number of hydrogen-bond donors (Lipinski definition) is 1. The van der Waals surface area contributed by atoms with Crippen LogP contribution in [-0.4, -0.2) is 65.8 Å². The second-order valence-electron chi connectivity index (χ2n) is 9.58. The van der Waals surface area contributed by atoms with Crippen molar-refractivity contribution in [3.05, 3.63) is 54.4 Å². The molecule has 3 fully saturated rings. The lowest BCUT2D eigenvalue weighted by Gasteiger charge is -2.36. The number of fused-ring (bicyclic) bond motifs is 1. The molecule has 0 bridgehead atoms. The van der Waals surface area contributed by atoms with Gasteiger partial charge in [-0.3, -0.25) is 4.79 Å². The maximum Gasteiger partial charge on any atom is 0.225 e. The van der Waals surface area contributed by atoms with E-state index in [-0.39, 0.29) is 12.2 Å². The molecule has 1 aromatic carbocycles. The molecule has 1 saturated carbocycles. The maximum atomic E-state index is 12.4. The van der Waals surface area contributed by atoms with E-state index in [2.05, 4.69) is 64.8 Å². The van der Waals surface area contributed by atoms with Gasteiger partial charge in [-0.2, -0.15) is 5.10 Å². The number of benzene rings is 1. The van der Waals surface area contributed by atoms with Gasteiger partial charge in [-0.05, 0) is 43.0 Å². The SMILES string of the molecule is C[C@@H]1CNC[C@@H](c2ccc(-c3cc4c(N5CCN(C(=O)C6CC6)CC5)ccnn4c3)cc2)O1. The predicted molar refractivity (Wildman–Crippen MR) is 128 cm³/mol. The molecule has 2 aliphatic heterocycles. The molecule has 1 amide bonds. The second kappa shape index (κ2) is 8.47. The Hall–Kier alpha value is -2.90. The van der Waals surface area contributed by atoms with Crippen molar-refractivity contribution in [1.82, 2.24) is 19.8 Å². The summed E-state index contributed by atoms with van der Waals surface area (Å²) >= 11 is 0. The number of ether oxygens (including phenoxy) is 1. The standard InChI is InChI=1S/C26H31N5O2/c1-18-15-27-16-25(33-18)20-4-2-19(3-5-20)22-14-24-23(8-9-28-31(24)17-22)29-10-12-30(13-11-29)26(32)21-6-7-21/h2-5,8-9,14,17-18,21,25,27H,6-7,10-13,15-16H2,1H3/t18-,25+/m1/s1. The summed E-state index contributed by atoms with van der Waals surface area (Å²) in [5, 5.41) is 7.99. The molecule has 6 rings (SSSR count). The first kappa shape index (κ1) is 20.7. The number of piperazine rings is 1. The molecule has 3 aromatic rings. The van der Waals surface area contributed by atoms with Crippen LogP contribution in [0.2, 0.25) is 0 Å². The first-order valence-corrected chi connectivity index (χ1v) is 12.1. The quantitative estimate of drug-likeness (QED) is 0.669. The summed E-state index contributed by atoms with van der Waals surface area (Å²) in [7, 11) is 0. The molecule has 2 atom stereocenters. The molecular formula is C26H31N5O2. The molecule has 3 aliphatic rings. The molecular weight excluding hydrogens is 414 g/mol. The fourth-order valence-corrected chi connectivity index (χ4v) is 5.06. The highest BCUT2D eigenvalue weighted by Crippen LogP contribution is 2.33. The smallest absolute Gasteiger partial charge is 0.225 e. The van der Waals surface area contributed by atoms with E-state index in [1.165, 1.54) is 16.8 Å². The van der Waals surface area contributed by atoms with Gasteiger partial charge in [0.25, 0.3) is 0 Å². The van der Waals surface area contributed by atoms with Crippen LogP contribution < -0.4 is 10.2 Å². The Morgan fingerprint density at radius 3 is 2.55 bits per heavy atom. The van der Waals surface area contributed by atoms with Gasteiger partial charge < -0.3 is 19.9 Å². The molecule has 0 unspecified atom stereocenters. The number of nitrogens with one attached hydrogen (secondary N) is 1. The van der Waals surface area contributed by atoms with Gasteiger partial charge in [-0.15, -0.1) is 0 Å². The van der Waals surface area contributed by atoms with Crippen LogP contribution in [0.1, 0.15) is 31.4 Å². The number of morpholine rings is 1. The van der Waals surface area contributed by atoms with Crippen LogP contribution in [0.25, 0.3) is 16.6 Å². The zero-order chi connectivity index (χ0) is 22.4. The van der Waals surface area contributed by atoms with Crippen LogP contribution in [0.5, 0.6) is 0 Å². The fraction of sp³-hybridized carbons (Fsp3) is 0.462. The summed E-state index contributed by atoms with van der Waals surface area (Å²) < 4.78 is 8.05. The van der Waals surface area contributed by atoms with Crippen molar-refractivity contribution in [3.63, 3.8) is 0 Å². The minimum atomic E-state index is 0.106. The van der Waals surface area contributed by atoms with Crippen LogP contribution in [0.3, 0.4) is 0 Å². The molecule has 2 aromatic heterocycles. The summed E-state index contributed by atoms with van der Waals surface area (Å²) in [6, 6.07) is 13.0. The molecule has 2 saturated heterocycles. The fourth-order valence-electron chi connectivity index (χ4n) is 5.06. The summed E-state index contributed by atoms with van der Waals surface area (Å²) in [5.74, 6) is 0.653. The van der Waals surface area contributed by atoms with Crippen molar-refractivity contribution in [2.45, 2.75) is 32.0 Å². The average Bonchev–Trinajstić information content (AvgIpc) is 3.61. The molecule has 1 aliphatic carbocycles. The van der Waals surface area contributed by atoms with E-state index in [0.29, 0.717) is 11.8 Å². The van der Waals surface area contributed by atoms with Gasteiger partial charge in [-0.25, -0.2) is 4.52 Å². The summed E-state index contributed by atoms with van der Waals surface area (Å²) in [6.45, 7) is 7.20. The normalized spacial score (nSPS) is 23.8. The molecule has 7 nitrogen and oxygen atoms in total. The lowest BCUT2D eigenvalue weighted by Crippen LogP contribution is -2.49. The highest BCUT2D eigenvalue weighted by molar-refractivity contribution is 5.82. The van der Waals surface area contributed by atoms with Crippen molar-refractivity contribution >= 4 is 17.1 Å². The summed E-state index contributed by atoms with van der Waals surface area (Å²) in [6.07, 6.45) is 6.45. The number of carbonyl (C=O) groups is 1. The number of amides is 1. The zero-order valence-corrected chi connectivity index (χ0v) is 19.1. The molecule has 1 N–H and O–H groups in total. The van der Waals surface area contributed by atoms with Crippen molar-refractivity contribution in [2.24, 2.45) is 5.92 Å². The van der Waals surface area contributed by atoms with Crippen molar-refractivity contribution in [1.29, 1.82) is 0 Å². The number of carbonyl (C=O) groups excluding carboxylic acids is 1. The van der Waals surface area contributed by atoms with E-state index in [1.807, 2.05) is 15.6 Å². The van der Waals surface area contributed by atoms with E-state index < -0.39 is 0 Å². The third-order valence-corrected chi connectivity index (χ3v) is 7.12. The van der Waals surface area contributed by atoms with Crippen molar-refractivity contribution in [2.75, 3.05) is 44.2 Å². The third kappa shape index (κ3) is 4.11. The van der Waals surface area contributed by atoms with E-state index >= 15 is 0 Å². The number of nitrogens with zero attached hydrogens (tertiary/aromatic N) is 4. The minimum absolute atomic E-state index is 0.106. The molecule has 33 heavy (non-hydrogen) atoms. The third-order valence-electron chi connectivity index (χ3n) is 7.12. The van der Waals surface area contributed by atoms with Crippen molar-refractivity contribution < 1.29 is 9.53 Å². The maximum absolute atomic E-state index is 12.4. The molecule has 7 heteroatoms. The largest absolute Gasteiger partial charge is 0.368 e. The lowest BCUT2D eigenvalue weighted by atomic mass is 10.0. The lowest BCUT2D eigenvalue weighted by molar-refractivity contribution is -0.132. The Morgan fingerprint density at radius 2 is 1.82 bits per heavy atom. The minimum Gasteiger partial charge on any atom is -0.368 e.